The predicted molar refractivity (Wildman–Crippen MR) is 41.0 cm³/mol. The van der Waals surface area contributed by atoms with Crippen LogP contribution in [-0.2, 0) is 4.74 Å². The highest BCUT2D eigenvalue weighted by Crippen LogP contribution is 1.86. The van der Waals surface area contributed by atoms with Crippen molar-refractivity contribution in [3.05, 3.63) is 0 Å². The Morgan fingerprint density at radius 1 is 1.50 bits per heavy atom. The molecule has 3 heteroatoms. The summed E-state index contributed by atoms with van der Waals surface area (Å²) in [6.07, 6.45) is -0.0672. The van der Waals surface area contributed by atoms with E-state index in [0.717, 1.165) is 0 Å². The Hall–Kier alpha value is -0.120. The molecule has 62 valence electrons. The molecule has 3 nitrogen and oxygen atoms in total. The fourth-order valence-electron chi connectivity index (χ4n) is 0.590. The molecule has 0 rings (SSSR count). The monoisotopic (exact) mass is 147 g/mol. The van der Waals surface area contributed by atoms with Gasteiger partial charge in [-0.3, -0.25) is 0 Å². The van der Waals surface area contributed by atoms with Crippen molar-refractivity contribution in [1.82, 2.24) is 5.32 Å². The third kappa shape index (κ3) is 4.73. The van der Waals surface area contributed by atoms with Crippen molar-refractivity contribution in [2.45, 2.75) is 26.0 Å². The number of nitrogens with one attached hydrogen (secondary N) is 1. The minimum atomic E-state index is -0.0672. The summed E-state index contributed by atoms with van der Waals surface area (Å²) < 4.78 is 4.94. The quantitative estimate of drug-likeness (QED) is 0.575. The second-order valence-corrected chi connectivity index (χ2v) is 2.60. The smallest absolute Gasteiger partial charge is 0.0925 e. The lowest BCUT2D eigenvalue weighted by Gasteiger charge is -2.14. The zero-order valence-corrected chi connectivity index (χ0v) is 6.92. The van der Waals surface area contributed by atoms with Crippen molar-refractivity contribution >= 4 is 0 Å². The highest BCUT2D eigenvalue weighted by molar-refractivity contribution is 4.61. The molecule has 0 aliphatic carbocycles. The van der Waals surface area contributed by atoms with Crippen LogP contribution >= 0.6 is 0 Å². The van der Waals surface area contributed by atoms with E-state index in [1.54, 1.807) is 7.11 Å². The molecule has 0 fully saturated rings. The lowest BCUT2D eigenvalue weighted by molar-refractivity contribution is 0.0480. The summed E-state index contributed by atoms with van der Waals surface area (Å²) in [6, 6.07) is 0.448. The topological polar surface area (TPSA) is 41.5 Å². The van der Waals surface area contributed by atoms with E-state index in [-0.39, 0.29) is 12.7 Å². The molecule has 0 bridgehead atoms. The molecule has 2 N–H and O–H groups in total. The number of ether oxygens (including phenoxy) is 1. The predicted octanol–water partition coefficient (Wildman–Crippen LogP) is -0.00830. The average Bonchev–Trinajstić information content (AvgIpc) is 1.90. The molecule has 0 aromatic rings. The molecule has 0 aliphatic rings. The molecule has 10 heavy (non-hydrogen) atoms. The Bertz CT molecular complexity index is 72.0. The van der Waals surface area contributed by atoms with Crippen molar-refractivity contribution in [2.75, 3.05) is 20.3 Å². The first-order chi connectivity index (χ1) is 4.70. The Kier molecular flexibility index (Phi) is 5.58. The molecule has 0 saturated heterocycles. The second-order valence-electron chi connectivity index (χ2n) is 2.60. The minimum Gasteiger partial charge on any atom is -0.394 e. The van der Waals surface area contributed by atoms with Crippen LogP contribution in [0.15, 0.2) is 0 Å². The maximum atomic E-state index is 8.67. The van der Waals surface area contributed by atoms with Gasteiger partial charge in [-0.1, -0.05) is 13.8 Å². The number of hydrogen-bond acceptors (Lipinski definition) is 3. The summed E-state index contributed by atoms with van der Waals surface area (Å²) in [5.74, 6) is 0. The molecule has 0 aromatic carbocycles. The summed E-state index contributed by atoms with van der Waals surface area (Å²) in [4.78, 5) is 0. The van der Waals surface area contributed by atoms with Crippen LogP contribution < -0.4 is 5.32 Å². The lowest BCUT2D eigenvalue weighted by Crippen LogP contribution is -2.34. The Labute approximate surface area is 62.4 Å². The van der Waals surface area contributed by atoms with Crippen LogP contribution in [0, 0.1) is 0 Å². The van der Waals surface area contributed by atoms with Gasteiger partial charge in [-0.05, 0) is 0 Å². The van der Waals surface area contributed by atoms with E-state index >= 15 is 0 Å². The van der Waals surface area contributed by atoms with Crippen LogP contribution in [0.1, 0.15) is 13.8 Å². The van der Waals surface area contributed by atoms with Crippen molar-refractivity contribution < 1.29 is 9.84 Å². The van der Waals surface area contributed by atoms with Gasteiger partial charge >= 0.3 is 0 Å². The maximum Gasteiger partial charge on any atom is 0.0925 e. The molecular weight excluding hydrogens is 130 g/mol. The SMILES string of the molecule is COC(CO)CNC(C)C. The molecule has 0 amide bonds. The van der Waals surface area contributed by atoms with Gasteiger partial charge in [-0.25, -0.2) is 0 Å². The van der Waals surface area contributed by atoms with E-state index < -0.39 is 0 Å². The van der Waals surface area contributed by atoms with E-state index in [0.29, 0.717) is 12.6 Å². The molecule has 0 radical (unpaired) electrons. The van der Waals surface area contributed by atoms with Crippen molar-refractivity contribution in [2.24, 2.45) is 0 Å². The number of hydrogen-bond donors (Lipinski definition) is 2. The first-order valence-corrected chi connectivity index (χ1v) is 3.57. The van der Waals surface area contributed by atoms with Crippen molar-refractivity contribution in [3.63, 3.8) is 0 Å². The molecule has 1 atom stereocenters. The van der Waals surface area contributed by atoms with Crippen LogP contribution in [0.2, 0.25) is 0 Å². The minimum absolute atomic E-state index is 0.0672. The molecular formula is C7H17NO2. The Balaban J connectivity index is 3.26. The fourth-order valence-corrected chi connectivity index (χ4v) is 0.590. The lowest BCUT2D eigenvalue weighted by atomic mass is 10.3. The molecule has 1 unspecified atom stereocenters. The third-order valence-corrected chi connectivity index (χ3v) is 1.29. The summed E-state index contributed by atoms with van der Waals surface area (Å²) in [5.41, 5.74) is 0. The molecule has 0 saturated carbocycles. The average molecular weight is 147 g/mol. The van der Waals surface area contributed by atoms with Crippen LogP contribution in [0.5, 0.6) is 0 Å². The number of aliphatic hydroxyl groups excluding tert-OH is 1. The largest absolute Gasteiger partial charge is 0.394 e. The molecule has 0 aromatic heterocycles. The van der Waals surface area contributed by atoms with E-state index in [4.69, 9.17) is 9.84 Å². The van der Waals surface area contributed by atoms with Gasteiger partial charge in [0.25, 0.3) is 0 Å². The van der Waals surface area contributed by atoms with Gasteiger partial charge < -0.3 is 15.2 Å². The van der Waals surface area contributed by atoms with E-state index in [2.05, 4.69) is 19.2 Å². The molecule has 0 aliphatic heterocycles. The standard InChI is InChI=1S/C7H17NO2/c1-6(2)8-4-7(5-9)10-3/h6-9H,4-5H2,1-3H3. The zero-order chi connectivity index (χ0) is 7.98. The fraction of sp³-hybridized carbons (Fsp3) is 1.00. The zero-order valence-electron chi connectivity index (χ0n) is 6.92. The summed E-state index contributed by atoms with van der Waals surface area (Å²) in [5, 5.41) is 11.8. The first kappa shape index (κ1) is 9.88. The normalized spacial score (nSPS) is 14.1. The highest BCUT2D eigenvalue weighted by Gasteiger charge is 2.04. The summed E-state index contributed by atoms with van der Waals surface area (Å²) in [6.45, 7) is 4.91. The Morgan fingerprint density at radius 2 is 2.10 bits per heavy atom. The number of rotatable bonds is 5. The molecule has 0 spiro atoms. The number of methoxy groups -OCH3 is 1. The summed E-state index contributed by atoms with van der Waals surface area (Å²) >= 11 is 0. The first-order valence-electron chi connectivity index (χ1n) is 3.57. The van der Waals surface area contributed by atoms with Gasteiger partial charge in [-0.2, -0.15) is 0 Å². The van der Waals surface area contributed by atoms with Crippen LogP contribution in [0.3, 0.4) is 0 Å². The molecule has 0 heterocycles. The van der Waals surface area contributed by atoms with Gasteiger partial charge in [0.2, 0.25) is 0 Å². The summed E-state index contributed by atoms with van der Waals surface area (Å²) in [7, 11) is 1.60. The highest BCUT2D eigenvalue weighted by atomic mass is 16.5. The second kappa shape index (κ2) is 5.65. The Morgan fingerprint density at radius 3 is 2.40 bits per heavy atom. The van der Waals surface area contributed by atoms with E-state index in [9.17, 15) is 0 Å². The van der Waals surface area contributed by atoms with Gasteiger partial charge in [-0.15, -0.1) is 0 Å². The van der Waals surface area contributed by atoms with Gasteiger partial charge in [0, 0.05) is 19.7 Å². The van der Waals surface area contributed by atoms with Crippen molar-refractivity contribution in [1.29, 1.82) is 0 Å². The van der Waals surface area contributed by atoms with Crippen LogP contribution in [0.25, 0.3) is 0 Å². The van der Waals surface area contributed by atoms with Crippen LogP contribution in [0.4, 0.5) is 0 Å². The maximum absolute atomic E-state index is 8.67. The van der Waals surface area contributed by atoms with Gasteiger partial charge in [0.1, 0.15) is 0 Å². The third-order valence-electron chi connectivity index (χ3n) is 1.29. The van der Waals surface area contributed by atoms with E-state index in [1.165, 1.54) is 0 Å². The van der Waals surface area contributed by atoms with Crippen LogP contribution in [-0.4, -0.2) is 37.5 Å². The van der Waals surface area contributed by atoms with Crippen molar-refractivity contribution in [3.8, 4) is 0 Å². The van der Waals surface area contributed by atoms with Gasteiger partial charge in [0.05, 0.1) is 12.7 Å². The number of aliphatic hydroxyl groups is 1. The van der Waals surface area contributed by atoms with Gasteiger partial charge in [0.15, 0.2) is 0 Å². The van der Waals surface area contributed by atoms with E-state index in [1.807, 2.05) is 0 Å².